The van der Waals surface area contributed by atoms with E-state index in [2.05, 4.69) is 0 Å². The first kappa shape index (κ1) is 22.0. The van der Waals surface area contributed by atoms with Gasteiger partial charge in [-0.1, -0.05) is 0 Å². The Bertz CT molecular complexity index is 994. The van der Waals surface area contributed by atoms with E-state index in [0.717, 1.165) is 0 Å². The highest BCUT2D eigenvalue weighted by Gasteiger charge is 2.48. The quantitative estimate of drug-likeness (QED) is 0.644. The molecule has 1 aliphatic heterocycles. The van der Waals surface area contributed by atoms with Crippen LogP contribution in [0.5, 0.6) is 28.7 Å². The van der Waals surface area contributed by atoms with Crippen LogP contribution < -0.4 is 23.7 Å². The molecule has 0 amide bonds. The average Bonchev–Trinajstić information content (AvgIpc) is 3.28. The van der Waals surface area contributed by atoms with Crippen molar-refractivity contribution in [2.75, 3.05) is 41.8 Å². The highest BCUT2D eigenvalue weighted by Crippen LogP contribution is 2.53. The van der Waals surface area contributed by atoms with Gasteiger partial charge in [-0.3, -0.25) is 4.79 Å². The van der Waals surface area contributed by atoms with E-state index >= 15 is 0 Å². The summed E-state index contributed by atoms with van der Waals surface area (Å²) in [5, 5.41) is 21.2. The van der Waals surface area contributed by atoms with Gasteiger partial charge < -0.3 is 38.6 Å². The molecule has 4 rings (SSSR count). The largest absolute Gasteiger partial charge is 0.493 e. The summed E-state index contributed by atoms with van der Waals surface area (Å²) in [6, 6.07) is 6.96. The number of hydrogen-bond donors (Lipinski definition) is 2. The number of carbonyl (C=O) groups excluding carboxylic acids is 1. The maximum atomic E-state index is 13.0. The van der Waals surface area contributed by atoms with Crippen LogP contribution in [-0.4, -0.2) is 58.0 Å². The van der Waals surface area contributed by atoms with E-state index in [4.69, 9.17) is 28.4 Å². The van der Waals surface area contributed by atoms with Crippen LogP contribution >= 0.6 is 0 Å². The predicted octanol–water partition coefficient (Wildman–Crippen LogP) is 2.02. The van der Waals surface area contributed by atoms with E-state index in [0.29, 0.717) is 45.4 Å². The number of methoxy groups -OCH3 is 4. The summed E-state index contributed by atoms with van der Waals surface area (Å²) in [5.74, 6) is -0.576. The molecule has 2 aliphatic rings. The number of aliphatic hydroxyl groups is 2. The molecule has 0 aromatic heterocycles. The normalized spacial score (nSPS) is 23.3. The molecule has 9 heteroatoms. The summed E-state index contributed by atoms with van der Waals surface area (Å²) in [4.78, 5) is 13.0. The first-order valence-corrected chi connectivity index (χ1v) is 10.1. The fourth-order valence-corrected chi connectivity index (χ4v) is 4.69. The Balaban J connectivity index is 1.99. The van der Waals surface area contributed by atoms with Crippen molar-refractivity contribution in [1.82, 2.24) is 0 Å². The highest BCUT2D eigenvalue weighted by atomic mass is 16.7. The average molecular weight is 446 g/mol. The third kappa shape index (κ3) is 3.37. The minimum absolute atomic E-state index is 0.0625. The van der Waals surface area contributed by atoms with Gasteiger partial charge in [-0.15, -0.1) is 0 Å². The van der Waals surface area contributed by atoms with Crippen molar-refractivity contribution in [3.05, 3.63) is 41.0 Å². The number of esters is 1. The Hall–Kier alpha value is -3.17. The van der Waals surface area contributed by atoms with Gasteiger partial charge in [0.15, 0.2) is 23.0 Å². The molecule has 0 bridgehead atoms. The number of benzene rings is 2. The molecule has 0 fully saturated rings. The Kier molecular flexibility index (Phi) is 6.03. The molecule has 2 aromatic rings. The minimum atomic E-state index is -1.10. The Morgan fingerprint density at radius 1 is 0.969 bits per heavy atom. The molecular formula is C23H26O9. The first-order valence-electron chi connectivity index (χ1n) is 10.1. The molecule has 1 heterocycles. The molecule has 172 valence electrons. The Morgan fingerprint density at radius 2 is 1.56 bits per heavy atom. The van der Waals surface area contributed by atoms with Crippen LogP contribution in [0.15, 0.2) is 24.3 Å². The lowest BCUT2D eigenvalue weighted by molar-refractivity contribution is -0.152. The van der Waals surface area contributed by atoms with E-state index in [1.807, 2.05) is 0 Å². The monoisotopic (exact) mass is 446 g/mol. The standard InChI is InChI=1S/C23H26O9/c1-27-17-5-11(6-18(28-2)22(17)29-3)19-12-7-15-16(32-10-31-15)8-13(12)21(25)14(9-24)20(19)23(26)30-4/h5-8,14,19-21,24-25H,9-10H2,1-4H3/t14-,19-,20+,21+/m1/s1. The van der Waals surface area contributed by atoms with Gasteiger partial charge in [0.25, 0.3) is 0 Å². The molecule has 0 unspecified atom stereocenters. The molecule has 2 N–H and O–H groups in total. The van der Waals surface area contributed by atoms with E-state index in [-0.39, 0.29) is 6.79 Å². The number of ether oxygens (including phenoxy) is 6. The summed E-state index contributed by atoms with van der Waals surface area (Å²) in [6.07, 6.45) is -1.10. The number of hydrogen-bond acceptors (Lipinski definition) is 9. The van der Waals surface area contributed by atoms with E-state index < -0.39 is 36.4 Å². The lowest BCUT2D eigenvalue weighted by Gasteiger charge is -2.40. The van der Waals surface area contributed by atoms with Crippen LogP contribution in [0, 0.1) is 11.8 Å². The number of aliphatic hydroxyl groups excluding tert-OH is 2. The lowest BCUT2D eigenvalue weighted by atomic mass is 9.65. The van der Waals surface area contributed by atoms with E-state index in [1.165, 1.54) is 28.4 Å². The Labute approximate surface area is 185 Å². The van der Waals surface area contributed by atoms with Crippen LogP contribution in [0.1, 0.15) is 28.7 Å². The third-order valence-corrected chi connectivity index (χ3v) is 6.19. The van der Waals surface area contributed by atoms with Crippen LogP contribution in [0.4, 0.5) is 0 Å². The van der Waals surface area contributed by atoms with Gasteiger partial charge in [0, 0.05) is 18.4 Å². The molecule has 32 heavy (non-hydrogen) atoms. The van der Waals surface area contributed by atoms with Crippen molar-refractivity contribution in [3.63, 3.8) is 0 Å². The van der Waals surface area contributed by atoms with Crippen LogP contribution in [-0.2, 0) is 9.53 Å². The summed E-state index contributed by atoms with van der Waals surface area (Å²) in [6.45, 7) is -0.358. The van der Waals surface area contributed by atoms with Gasteiger partial charge in [0.1, 0.15) is 0 Å². The first-order chi connectivity index (χ1) is 15.5. The maximum Gasteiger partial charge on any atom is 0.310 e. The number of rotatable bonds is 6. The second-order valence-electron chi connectivity index (χ2n) is 7.61. The zero-order valence-corrected chi connectivity index (χ0v) is 18.3. The highest BCUT2D eigenvalue weighted by molar-refractivity contribution is 5.77. The summed E-state index contributed by atoms with van der Waals surface area (Å²) < 4.78 is 32.5. The smallest absolute Gasteiger partial charge is 0.310 e. The van der Waals surface area contributed by atoms with Crippen molar-refractivity contribution in [1.29, 1.82) is 0 Å². The molecule has 9 nitrogen and oxygen atoms in total. The lowest BCUT2D eigenvalue weighted by Crippen LogP contribution is -2.41. The van der Waals surface area contributed by atoms with Crippen molar-refractivity contribution < 1.29 is 43.4 Å². The summed E-state index contributed by atoms with van der Waals surface area (Å²) >= 11 is 0. The number of carbonyl (C=O) groups is 1. The molecule has 1 aliphatic carbocycles. The topological polar surface area (TPSA) is 113 Å². The zero-order valence-electron chi connectivity index (χ0n) is 18.3. The number of fused-ring (bicyclic) bond motifs is 2. The van der Waals surface area contributed by atoms with Gasteiger partial charge in [0.2, 0.25) is 12.5 Å². The van der Waals surface area contributed by atoms with Gasteiger partial charge in [-0.2, -0.15) is 0 Å². The van der Waals surface area contributed by atoms with Crippen LogP contribution in [0.25, 0.3) is 0 Å². The van der Waals surface area contributed by atoms with Crippen LogP contribution in [0.2, 0.25) is 0 Å². The molecule has 4 atom stereocenters. The van der Waals surface area contributed by atoms with Crippen LogP contribution in [0.3, 0.4) is 0 Å². The fourth-order valence-electron chi connectivity index (χ4n) is 4.69. The van der Waals surface area contributed by atoms with E-state index in [1.54, 1.807) is 24.3 Å². The molecule has 0 saturated carbocycles. The minimum Gasteiger partial charge on any atom is -0.493 e. The summed E-state index contributed by atoms with van der Waals surface area (Å²) in [5.41, 5.74) is 1.88. The maximum absolute atomic E-state index is 13.0. The van der Waals surface area contributed by atoms with Gasteiger partial charge >= 0.3 is 5.97 Å². The van der Waals surface area contributed by atoms with Crippen molar-refractivity contribution in [2.45, 2.75) is 12.0 Å². The third-order valence-electron chi connectivity index (χ3n) is 6.19. The second-order valence-corrected chi connectivity index (χ2v) is 7.61. The fraction of sp³-hybridized carbons (Fsp3) is 0.435. The SMILES string of the molecule is COC(=O)[C@@H]1[C@H](c2cc(OC)c(OC)c(OC)c2)c2cc3c(cc2[C@H](O)[C@@H]1CO)OCO3. The molecule has 0 spiro atoms. The zero-order chi connectivity index (χ0) is 23.0. The molecule has 0 saturated heterocycles. The van der Waals surface area contributed by atoms with Crippen molar-refractivity contribution in [2.24, 2.45) is 11.8 Å². The van der Waals surface area contributed by atoms with Crippen molar-refractivity contribution in [3.8, 4) is 28.7 Å². The molecular weight excluding hydrogens is 420 g/mol. The van der Waals surface area contributed by atoms with Gasteiger partial charge in [-0.25, -0.2) is 0 Å². The molecule has 2 aromatic carbocycles. The predicted molar refractivity (Wildman–Crippen MR) is 112 cm³/mol. The second kappa shape index (κ2) is 8.76. The van der Waals surface area contributed by atoms with Gasteiger partial charge in [0.05, 0.1) is 40.5 Å². The Morgan fingerprint density at radius 3 is 2.06 bits per heavy atom. The summed E-state index contributed by atoms with van der Waals surface area (Å²) in [7, 11) is 5.80. The van der Waals surface area contributed by atoms with Gasteiger partial charge in [-0.05, 0) is 41.0 Å². The molecule has 0 radical (unpaired) electrons. The van der Waals surface area contributed by atoms with E-state index in [9.17, 15) is 15.0 Å². The van der Waals surface area contributed by atoms with Crippen molar-refractivity contribution >= 4 is 5.97 Å².